The van der Waals surface area contributed by atoms with Crippen LogP contribution in [0.1, 0.15) is 74.4 Å². The highest BCUT2D eigenvalue weighted by Gasteiger charge is 2.15. The molecule has 0 bridgehead atoms. The maximum atomic E-state index is 13.6. The fourth-order valence-electron chi connectivity index (χ4n) is 4.07. The van der Waals surface area contributed by atoms with Crippen molar-refractivity contribution in [3.63, 3.8) is 0 Å². The normalized spacial score (nSPS) is 13.4. The second-order valence-electron chi connectivity index (χ2n) is 9.08. The number of aryl methyl sites for hydroxylation is 2. The lowest BCUT2D eigenvalue weighted by Crippen LogP contribution is -2.23. The van der Waals surface area contributed by atoms with E-state index in [-0.39, 0.29) is 11.7 Å². The number of pyridine rings is 1. The quantitative estimate of drug-likeness (QED) is 0.216. The standard InChI is InChI=1S/C31H41FN2/c1-6-8-9-10-14-25(4)30-20-19-29(26(5)23-33-22-24(3)13-7-2)31(34-30)18-12-16-27-15-11-17-28(32)21-27/h6,8-11,14-15,17,19-21,25-26,33H,1,3,7,12-13,16,18,22-23H2,2,4-5H3/b9-8-,14-10-. The number of rotatable bonds is 15. The number of nitrogens with zero attached hydrogens (tertiary/aromatic N) is 1. The molecule has 0 spiro atoms. The Labute approximate surface area is 206 Å². The summed E-state index contributed by atoms with van der Waals surface area (Å²) in [6.45, 7) is 16.2. The molecule has 1 aromatic heterocycles. The largest absolute Gasteiger partial charge is 0.312 e. The number of hydrogen-bond donors (Lipinski definition) is 1. The molecule has 0 aliphatic carbocycles. The van der Waals surface area contributed by atoms with Gasteiger partial charge in [0.15, 0.2) is 0 Å². The molecule has 0 amide bonds. The van der Waals surface area contributed by atoms with Crippen LogP contribution < -0.4 is 5.32 Å². The van der Waals surface area contributed by atoms with Gasteiger partial charge in [0.05, 0.1) is 0 Å². The van der Waals surface area contributed by atoms with E-state index in [1.807, 2.05) is 24.3 Å². The van der Waals surface area contributed by atoms with Crippen LogP contribution in [-0.4, -0.2) is 18.1 Å². The molecule has 0 aliphatic heterocycles. The minimum absolute atomic E-state index is 0.172. The van der Waals surface area contributed by atoms with Crippen molar-refractivity contribution < 1.29 is 4.39 Å². The molecule has 1 aromatic carbocycles. The maximum Gasteiger partial charge on any atom is 0.123 e. The smallest absolute Gasteiger partial charge is 0.123 e. The Morgan fingerprint density at radius 3 is 2.68 bits per heavy atom. The van der Waals surface area contributed by atoms with Crippen molar-refractivity contribution in [1.82, 2.24) is 10.3 Å². The lowest BCUT2D eigenvalue weighted by molar-refractivity contribution is 0.619. The van der Waals surface area contributed by atoms with Gasteiger partial charge in [-0.2, -0.15) is 0 Å². The number of halogens is 1. The average Bonchev–Trinajstić information content (AvgIpc) is 2.82. The Bertz CT molecular complexity index is 973. The third-order valence-corrected chi connectivity index (χ3v) is 5.98. The van der Waals surface area contributed by atoms with Crippen LogP contribution in [-0.2, 0) is 12.8 Å². The molecular weight excluding hydrogens is 419 g/mol. The van der Waals surface area contributed by atoms with Crippen LogP contribution in [0.2, 0.25) is 0 Å². The van der Waals surface area contributed by atoms with Crippen LogP contribution in [0.3, 0.4) is 0 Å². The van der Waals surface area contributed by atoms with Crippen molar-refractivity contribution in [1.29, 1.82) is 0 Å². The molecular formula is C31H41FN2. The SMILES string of the molecule is C=C/C=C\C=C/C(C)c1ccc(C(C)CNCC(=C)CCC)c(CCCc2cccc(F)c2)n1. The molecule has 3 heteroatoms. The molecule has 2 unspecified atom stereocenters. The Morgan fingerprint density at radius 1 is 1.12 bits per heavy atom. The molecule has 2 aromatic rings. The molecule has 182 valence electrons. The van der Waals surface area contributed by atoms with E-state index in [9.17, 15) is 4.39 Å². The lowest BCUT2D eigenvalue weighted by atomic mass is 9.94. The maximum absolute atomic E-state index is 13.6. The summed E-state index contributed by atoms with van der Waals surface area (Å²) in [5.74, 6) is 0.395. The molecule has 0 fully saturated rings. The van der Waals surface area contributed by atoms with Crippen LogP contribution in [0.15, 0.2) is 85.5 Å². The lowest BCUT2D eigenvalue weighted by Gasteiger charge is -2.19. The molecule has 0 aliphatic rings. The summed E-state index contributed by atoms with van der Waals surface area (Å²) < 4.78 is 13.6. The van der Waals surface area contributed by atoms with Crippen molar-refractivity contribution in [3.8, 4) is 0 Å². The predicted octanol–water partition coefficient (Wildman–Crippen LogP) is 7.85. The molecule has 0 radical (unpaired) electrons. The third kappa shape index (κ3) is 9.61. The van der Waals surface area contributed by atoms with E-state index in [0.717, 1.165) is 62.1 Å². The predicted molar refractivity (Wildman–Crippen MR) is 145 cm³/mol. The van der Waals surface area contributed by atoms with Crippen LogP contribution in [0.25, 0.3) is 0 Å². The first-order valence-corrected chi connectivity index (χ1v) is 12.5. The second kappa shape index (κ2) is 15.2. The summed E-state index contributed by atoms with van der Waals surface area (Å²) in [4.78, 5) is 5.10. The van der Waals surface area contributed by atoms with Gasteiger partial charge >= 0.3 is 0 Å². The third-order valence-electron chi connectivity index (χ3n) is 5.98. The van der Waals surface area contributed by atoms with Gasteiger partial charge in [-0.25, -0.2) is 4.39 Å². The van der Waals surface area contributed by atoms with E-state index in [0.29, 0.717) is 5.92 Å². The average molecular weight is 461 g/mol. The van der Waals surface area contributed by atoms with Gasteiger partial charge in [0.2, 0.25) is 0 Å². The van der Waals surface area contributed by atoms with E-state index in [1.54, 1.807) is 18.2 Å². The number of aromatic nitrogens is 1. The zero-order chi connectivity index (χ0) is 24.8. The van der Waals surface area contributed by atoms with Crippen molar-refractivity contribution in [2.45, 2.75) is 64.7 Å². The highest BCUT2D eigenvalue weighted by Crippen LogP contribution is 2.24. The Balaban J connectivity index is 2.14. The monoisotopic (exact) mass is 460 g/mol. The van der Waals surface area contributed by atoms with Gasteiger partial charge in [0.25, 0.3) is 0 Å². The first-order valence-electron chi connectivity index (χ1n) is 12.5. The summed E-state index contributed by atoms with van der Waals surface area (Å²) in [6, 6.07) is 11.3. The Hall–Kier alpha value is -2.78. The van der Waals surface area contributed by atoms with Crippen LogP contribution in [0.4, 0.5) is 4.39 Å². The number of nitrogens with one attached hydrogen (secondary N) is 1. The zero-order valence-electron chi connectivity index (χ0n) is 21.2. The fraction of sp³-hybridized carbons (Fsp3) is 0.387. The Morgan fingerprint density at radius 2 is 1.94 bits per heavy atom. The van der Waals surface area contributed by atoms with E-state index >= 15 is 0 Å². The first kappa shape index (κ1) is 27.5. The van der Waals surface area contributed by atoms with E-state index in [1.165, 1.54) is 17.2 Å². The van der Waals surface area contributed by atoms with Crippen molar-refractivity contribution in [2.24, 2.45) is 0 Å². The molecule has 1 N–H and O–H groups in total. The van der Waals surface area contributed by atoms with Crippen LogP contribution in [0, 0.1) is 5.82 Å². The summed E-state index contributed by atoms with van der Waals surface area (Å²) in [6.07, 6.45) is 14.7. The number of hydrogen-bond acceptors (Lipinski definition) is 2. The van der Waals surface area contributed by atoms with Gasteiger partial charge in [-0.1, -0.05) is 94.5 Å². The molecule has 1 heterocycles. The summed E-state index contributed by atoms with van der Waals surface area (Å²) in [5, 5.41) is 3.57. The summed E-state index contributed by atoms with van der Waals surface area (Å²) >= 11 is 0. The van der Waals surface area contributed by atoms with Gasteiger partial charge in [-0.05, 0) is 60.9 Å². The minimum Gasteiger partial charge on any atom is -0.312 e. The van der Waals surface area contributed by atoms with E-state index in [2.05, 4.69) is 57.5 Å². The van der Waals surface area contributed by atoms with Gasteiger partial charge < -0.3 is 5.32 Å². The topological polar surface area (TPSA) is 24.9 Å². The zero-order valence-corrected chi connectivity index (χ0v) is 21.2. The van der Waals surface area contributed by atoms with Gasteiger partial charge in [0, 0.05) is 30.4 Å². The molecule has 2 rings (SSSR count). The van der Waals surface area contributed by atoms with Gasteiger partial charge in [-0.3, -0.25) is 4.98 Å². The first-order chi connectivity index (χ1) is 16.4. The minimum atomic E-state index is -0.172. The van der Waals surface area contributed by atoms with Crippen molar-refractivity contribution >= 4 is 0 Å². The number of benzene rings is 1. The van der Waals surface area contributed by atoms with Gasteiger partial charge in [-0.15, -0.1) is 0 Å². The molecule has 0 saturated heterocycles. The fourth-order valence-corrected chi connectivity index (χ4v) is 4.07. The molecule has 34 heavy (non-hydrogen) atoms. The van der Waals surface area contributed by atoms with Crippen LogP contribution in [0.5, 0.6) is 0 Å². The molecule has 2 nitrogen and oxygen atoms in total. The Kier molecular flexibility index (Phi) is 12.3. The van der Waals surface area contributed by atoms with E-state index in [4.69, 9.17) is 4.98 Å². The highest BCUT2D eigenvalue weighted by molar-refractivity contribution is 5.30. The van der Waals surface area contributed by atoms with Gasteiger partial charge in [0.1, 0.15) is 5.82 Å². The summed E-state index contributed by atoms with van der Waals surface area (Å²) in [7, 11) is 0. The van der Waals surface area contributed by atoms with Crippen molar-refractivity contribution in [3.05, 3.63) is 114 Å². The second-order valence-corrected chi connectivity index (χ2v) is 9.08. The van der Waals surface area contributed by atoms with Crippen molar-refractivity contribution in [2.75, 3.05) is 13.1 Å². The molecule has 2 atom stereocenters. The number of allylic oxidation sites excluding steroid dienone is 5. The summed E-state index contributed by atoms with van der Waals surface area (Å²) in [5.41, 5.74) is 5.80. The molecule has 0 saturated carbocycles. The van der Waals surface area contributed by atoms with Crippen LogP contribution >= 0.6 is 0 Å². The van der Waals surface area contributed by atoms with E-state index < -0.39 is 0 Å². The highest BCUT2D eigenvalue weighted by atomic mass is 19.1.